The number of ether oxygens (including phenoxy) is 1. The molecule has 0 aromatic carbocycles. The second kappa shape index (κ2) is 7.17. The maximum Gasteiger partial charge on any atom is 0.107 e. The van der Waals surface area contributed by atoms with E-state index in [4.69, 9.17) is 4.74 Å². The van der Waals surface area contributed by atoms with Gasteiger partial charge in [-0.15, -0.1) is 22.7 Å². The minimum atomic E-state index is 0.190. The van der Waals surface area contributed by atoms with E-state index in [1.807, 2.05) is 6.20 Å². The van der Waals surface area contributed by atoms with Crippen LogP contribution >= 0.6 is 22.7 Å². The molecule has 24 heavy (non-hydrogen) atoms. The summed E-state index contributed by atoms with van der Waals surface area (Å²) in [5, 5.41) is 6.65. The van der Waals surface area contributed by atoms with Crippen LogP contribution in [0.2, 0.25) is 0 Å². The highest BCUT2D eigenvalue weighted by atomic mass is 32.1. The van der Waals surface area contributed by atoms with Gasteiger partial charge < -0.3 is 4.74 Å². The fourth-order valence-electron chi connectivity index (χ4n) is 3.80. The number of thiazole rings is 2. The molecule has 0 unspecified atom stereocenters. The maximum atomic E-state index is 5.89. The van der Waals surface area contributed by atoms with Crippen molar-refractivity contribution in [2.75, 3.05) is 32.8 Å². The number of nitrogens with zero attached hydrogens (tertiary/aromatic N) is 4. The van der Waals surface area contributed by atoms with Crippen LogP contribution < -0.4 is 0 Å². The normalized spacial score (nSPS) is 22.2. The first-order valence-electron chi connectivity index (χ1n) is 8.58. The minimum Gasteiger partial charge on any atom is -0.378 e. The number of hydrogen-bond donors (Lipinski definition) is 0. The smallest absolute Gasteiger partial charge is 0.107 e. The molecule has 0 aliphatic carbocycles. The Labute approximate surface area is 151 Å². The van der Waals surface area contributed by atoms with Gasteiger partial charge in [-0.1, -0.05) is 0 Å². The Bertz CT molecular complexity index is 649. The number of hydrogen-bond acceptors (Lipinski definition) is 7. The summed E-state index contributed by atoms with van der Waals surface area (Å²) < 4.78 is 5.89. The number of aromatic nitrogens is 2. The molecule has 4 rings (SSSR count). The first kappa shape index (κ1) is 16.6. The predicted octanol–water partition coefficient (Wildman–Crippen LogP) is 2.78. The third kappa shape index (κ3) is 3.55. The van der Waals surface area contributed by atoms with Gasteiger partial charge in [0.05, 0.1) is 30.5 Å². The van der Waals surface area contributed by atoms with Crippen LogP contribution in [0.5, 0.6) is 0 Å². The zero-order chi connectivity index (χ0) is 16.4. The van der Waals surface area contributed by atoms with Crippen LogP contribution in [-0.2, 0) is 17.8 Å². The standard InChI is InChI=1S/C17H24N4OS2/c1-14-19-15(12-24-14)10-21-7-8-22-13-17(21)2-5-20(6-3-17)11-16-18-4-9-23-16/h4,9,12H,2-3,5-8,10-11,13H2,1H3. The first-order valence-corrected chi connectivity index (χ1v) is 10.3. The van der Waals surface area contributed by atoms with Crippen LogP contribution in [0.1, 0.15) is 28.6 Å². The van der Waals surface area contributed by atoms with Crippen molar-refractivity contribution in [1.82, 2.24) is 19.8 Å². The fourth-order valence-corrected chi connectivity index (χ4v) is 5.06. The Balaban J connectivity index is 1.41. The van der Waals surface area contributed by atoms with Gasteiger partial charge in [-0.05, 0) is 19.8 Å². The zero-order valence-corrected chi connectivity index (χ0v) is 15.7. The van der Waals surface area contributed by atoms with E-state index in [0.29, 0.717) is 0 Å². The highest BCUT2D eigenvalue weighted by Crippen LogP contribution is 2.33. The van der Waals surface area contributed by atoms with E-state index in [1.54, 1.807) is 22.7 Å². The van der Waals surface area contributed by atoms with Gasteiger partial charge in [0, 0.05) is 48.7 Å². The molecule has 2 saturated heterocycles. The number of likely N-dealkylation sites (tertiary alicyclic amines) is 1. The minimum absolute atomic E-state index is 0.190. The first-order chi connectivity index (χ1) is 11.7. The lowest BCUT2D eigenvalue weighted by Crippen LogP contribution is -2.60. The molecule has 2 aliphatic heterocycles. The van der Waals surface area contributed by atoms with Crippen molar-refractivity contribution in [1.29, 1.82) is 0 Å². The molecule has 0 bridgehead atoms. The van der Waals surface area contributed by atoms with E-state index in [0.717, 1.165) is 50.9 Å². The molecule has 4 heterocycles. The Morgan fingerprint density at radius 2 is 2.08 bits per heavy atom. The Morgan fingerprint density at radius 3 is 2.79 bits per heavy atom. The highest BCUT2D eigenvalue weighted by molar-refractivity contribution is 7.09. The molecule has 0 saturated carbocycles. The van der Waals surface area contributed by atoms with Crippen LogP contribution in [0.4, 0.5) is 0 Å². The van der Waals surface area contributed by atoms with Crippen molar-refractivity contribution in [2.24, 2.45) is 0 Å². The molecule has 2 fully saturated rings. The largest absolute Gasteiger partial charge is 0.378 e. The summed E-state index contributed by atoms with van der Waals surface area (Å²) in [7, 11) is 0. The van der Waals surface area contributed by atoms with E-state index in [9.17, 15) is 0 Å². The molecule has 7 heteroatoms. The molecule has 2 aromatic heterocycles. The molecule has 2 aromatic rings. The lowest BCUT2D eigenvalue weighted by Gasteiger charge is -2.51. The maximum absolute atomic E-state index is 5.89. The molecule has 0 N–H and O–H groups in total. The van der Waals surface area contributed by atoms with Crippen molar-refractivity contribution < 1.29 is 4.74 Å². The highest BCUT2D eigenvalue weighted by Gasteiger charge is 2.42. The fraction of sp³-hybridized carbons (Fsp3) is 0.647. The van der Waals surface area contributed by atoms with Gasteiger partial charge in [0.1, 0.15) is 5.01 Å². The molecular formula is C17H24N4OS2. The van der Waals surface area contributed by atoms with Crippen molar-refractivity contribution in [3.8, 4) is 0 Å². The third-order valence-corrected chi connectivity index (χ3v) is 6.78. The summed E-state index contributed by atoms with van der Waals surface area (Å²) in [6.07, 6.45) is 4.24. The molecule has 0 radical (unpaired) electrons. The van der Waals surface area contributed by atoms with Gasteiger partial charge >= 0.3 is 0 Å². The zero-order valence-electron chi connectivity index (χ0n) is 14.1. The average Bonchev–Trinajstić information content (AvgIpc) is 3.24. The van der Waals surface area contributed by atoms with Crippen molar-refractivity contribution in [3.05, 3.63) is 32.7 Å². The van der Waals surface area contributed by atoms with Gasteiger partial charge in [-0.2, -0.15) is 0 Å². The monoisotopic (exact) mass is 364 g/mol. The van der Waals surface area contributed by atoms with Gasteiger partial charge in [0.15, 0.2) is 0 Å². The average molecular weight is 365 g/mol. The summed E-state index contributed by atoms with van der Waals surface area (Å²) in [4.78, 5) is 14.3. The quantitative estimate of drug-likeness (QED) is 0.834. The van der Waals surface area contributed by atoms with Gasteiger partial charge in [-0.25, -0.2) is 9.97 Å². The second-order valence-corrected chi connectivity index (χ2v) is 8.80. The van der Waals surface area contributed by atoms with E-state index in [1.165, 1.54) is 23.5 Å². The Hall–Kier alpha value is -0.860. The predicted molar refractivity (Wildman–Crippen MR) is 97.4 cm³/mol. The number of piperidine rings is 1. The Kier molecular flexibility index (Phi) is 4.96. The third-order valence-electron chi connectivity index (χ3n) is 5.20. The molecule has 0 amide bonds. The number of aryl methyl sites for hydroxylation is 1. The lowest BCUT2D eigenvalue weighted by molar-refractivity contribution is -0.0999. The van der Waals surface area contributed by atoms with Gasteiger partial charge in [0.25, 0.3) is 0 Å². The molecule has 1 spiro atoms. The summed E-state index contributed by atoms with van der Waals surface area (Å²) in [6.45, 7) is 8.99. The topological polar surface area (TPSA) is 41.5 Å². The molecular weight excluding hydrogens is 340 g/mol. The number of rotatable bonds is 4. The van der Waals surface area contributed by atoms with Crippen LogP contribution in [0.25, 0.3) is 0 Å². The van der Waals surface area contributed by atoms with E-state index in [2.05, 4.69) is 37.5 Å². The van der Waals surface area contributed by atoms with Crippen LogP contribution in [0.3, 0.4) is 0 Å². The second-order valence-electron chi connectivity index (χ2n) is 6.76. The summed E-state index contributed by atoms with van der Waals surface area (Å²) >= 11 is 3.50. The van der Waals surface area contributed by atoms with Crippen LogP contribution in [0.15, 0.2) is 17.0 Å². The number of morpholine rings is 1. The van der Waals surface area contributed by atoms with Crippen molar-refractivity contribution in [3.63, 3.8) is 0 Å². The van der Waals surface area contributed by atoms with Gasteiger partial charge in [-0.3, -0.25) is 9.80 Å². The lowest BCUT2D eigenvalue weighted by atomic mass is 9.85. The van der Waals surface area contributed by atoms with E-state index in [-0.39, 0.29) is 5.54 Å². The summed E-state index contributed by atoms with van der Waals surface area (Å²) in [5.41, 5.74) is 1.40. The van der Waals surface area contributed by atoms with E-state index >= 15 is 0 Å². The van der Waals surface area contributed by atoms with Crippen LogP contribution in [0, 0.1) is 6.92 Å². The molecule has 2 aliphatic rings. The summed E-state index contributed by atoms with van der Waals surface area (Å²) in [6, 6.07) is 0. The molecule has 5 nitrogen and oxygen atoms in total. The van der Waals surface area contributed by atoms with E-state index < -0.39 is 0 Å². The molecule has 130 valence electrons. The molecule has 0 atom stereocenters. The Morgan fingerprint density at radius 1 is 1.21 bits per heavy atom. The van der Waals surface area contributed by atoms with Gasteiger partial charge in [0.2, 0.25) is 0 Å². The van der Waals surface area contributed by atoms with Crippen LogP contribution in [-0.4, -0.2) is 58.2 Å². The SMILES string of the molecule is Cc1nc(CN2CCOCC23CCN(Cc2nccs2)CC3)cs1. The van der Waals surface area contributed by atoms with Crippen molar-refractivity contribution >= 4 is 22.7 Å². The van der Waals surface area contributed by atoms with Crippen molar-refractivity contribution in [2.45, 2.75) is 38.4 Å². The summed E-state index contributed by atoms with van der Waals surface area (Å²) in [5.74, 6) is 0.